The van der Waals surface area contributed by atoms with Gasteiger partial charge in [-0.3, -0.25) is 9.69 Å². The SMILES string of the molecule is O=C(CN1CCC[C@H](O)C1)Nc1cccc(Cl)c1Cl. The molecule has 1 aliphatic rings. The first kappa shape index (κ1) is 14.6. The predicted molar refractivity (Wildman–Crippen MR) is 76.8 cm³/mol. The van der Waals surface area contributed by atoms with Crippen molar-refractivity contribution >= 4 is 34.8 Å². The van der Waals surface area contributed by atoms with Crippen LogP contribution in [0.25, 0.3) is 0 Å². The van der Waals surface area contributed by atoms with Gasteiger partial charge in [-0.1, -0.05) is 29.3 Å². The van der Waals surface area contributed by atoms with Gasteiger partial charge in [0.25, 0.3) is 0 Å². The molecule has 1 fully saturated rings. The lowest BCUT2D eigenvalue weighted by molar-refractivity contribution is -0.118. The molecule has 1 aromatic carbocycles. The zero-order valence-electron chi connectivity index (χ0n) is 10.4. The number of benzene rings is 1. The number of anilines is 1. The van der Waals surface area contributed by atoms with Crippen molar-refractivity contribution in [2.24, 2.45) is 0 Å². The zero-order valence-corrected chi connectivity index (χ0v) is 11.9. The normalized spacial score (nSPS) is 20.3. The van der Waals surface area contributed by atoms with Crippen LogP contribution in [0.2, 0.25) is 10.0 Å². The van der Waals surface area contributed by atoms with E-state index in [1.165, 1.54) is 0 Å². The number of β-amino-alcohol motifs (C(OH)–C–C–N with tert-alkyl or cyclic N) is 1. The molecule has 1 heterocycles. The van der Waals surface area contributed by atoms with Crippen molar-refractivity contribution in [2.45, 2.75) is 18.9 Å². The molecule has 6 heteroatoms. The number of nitrogens with one attached hydrogen (secondary N) is 1. The van der Waals surface area contributed by atoms with Crippen LogP contribution in [0.15, 0.2) is 18.2 Å². The minimum atomic E-state index is -0.337. The average molecular weight is 303 g/mol. The first-order chi connectivity index (χ1) is 9.06. The average Bonchev–Trinajstić information content (AvgIpc) is 2.35. The van der Waals surface area contributed by atoms with Crippen molar-refractivity contribution < 1.29 is 9.90 Å². The number of piperidine rings is 1. The molecule has 0 spiro atoms. The molecule has 1 aromatic rings. The van der Waals surface area contributed by atoms with Crippen molar-refractivity contribution in [3.05, 3.63) is 28.2 Å². The monoisotopic (exact) mass is 302 g/mol. The van der Waals surface area contributed by atoms with Gasteiger partial charge in [0, 0.05) is 6.54 Å². The van der Waals surface area contributed by atoms with Crippen LogP contribution in [0, 0.1) is 0 Å². The van der Waals surface area contributed by atoms with Gasteiger partial charge in [0.2, 0.25) is 5.91 Å². The van der Waals surface area contributed by atoms with Crippen LogP contribution >= 0.6 is 23.2 Å². The van der Waals surface area contributed by atoms with Crippen molar-refractivity contribution in [1.29, 1.82) is 0 Å². The molecule has 1 atom stereocenters. The summed E-state index contributed by atoms with van der Waals surface area (Å²) in [5.41, 5.74) is 0.511. The third-order valence-corrected chi connectivity index (χ3v) is 3.89. The van der Waals surface area contributed by atoms with Gasteiger partial charge in [-0.05, 0) is 31.5 Å². The van der Waals surface area contributed by atoms with E-state index >= 15 is 0 Å². The molecule has 1 aliphatic heterocycles. The highest BCUT2D eigenvalue weighted by Gasteiger charge is 2.20. The molecule has 0 aliphatic carbocycles. The van der Waals surface area contributed by atoms with E-state index in [4.69, 9.17) is 23.2 Å². The third kappa shape index (κ3) is 4.08. The number of rotatable bonds is 3. The fraction of sp³-hybridized carbons (Fsp3) is 0.462. The highest BCUT2D eigenvalue weighted by molar-refractivity contribution is 6.43. The minimum Gasteiger partial charge on any atom is -0.392 e. The van der Waals surface area contributed by atoms with Crippen LogP contribution in [0.1, 0.15) is 12.8 Å². The fourth-order valence-electron chi connectivity index (χ4n) is 2.17. The maximum atomic E-state index is 11.9. The smallest absolute Gasteiger partial charge is 0.238 e. The number of hydrogen-bond donors (Lipinski definition) is 2. The van der Waals surface area contributed by atoms with E-state index in [2.05, 4.69) is 5.32 Å². The largest absolute Gasteiger partial charge is 0.392 e. The molecule has 19 heavy (non-hydrogen) atoms. The minimum absolute atomic E-state index is 0.154. The maximum absolute atomic E-state index is 11.9. The van der Waals surface area contributed by atoms with Gasteiger partial charge in [0.05, 0.1) is 28.4 Å². The second kappa shape index (κ2) is 6.57. The predicted octanol–water partition coefficient (Wildman–Crippen LogP) is 2.39. The summed E-state index contributed by atoms with van der Waals surface area (Å²) < 4.78 is 0. The number of aliphatic hydroxyl groups excluding tert-OH is 1. The second-order valence-corrected chi connectivity index (χ2v) is 5.47. The Bertz CT molecular complexity index is 468. The van der Waals surface area contributed by atoms with Crippen molar-refractivity contribution in [3.8, 4) is 0 Å². The number of nitrogens with zero attached hydrogens (tertiary/aromatic N) is 1. The number of amides is 1. The molecular weight excluding hydrogens is 287 g/mol. The Balaban J connectivity index is 1.92. The Hall–Kier alpha value is -0.810. The number of carbonyl (C=O) groups is 1. The van der Waals surface area contributed by atoms with E-state index in [1.807, 2.05) is 4.90 Å². The van der Waals surface area contributed by atoms with Gasteiger partial charge in [0.1, 0.15) is 0 Å². The van der Waals surface area contributed by atoms with E-state index in [0.717, 1.165) is 19.4 Å². The molecule has 0 radical (unpaired) electrons. The topological polar surface area (TPSA) is 52.6 Å². The summed E-state index contributed by atoms with van der Waals surface area (Å²) in [7, 11) is 0. The van der Waals surface area contributed by atoms with Crippen molar-refractivity contribution in [2.75, 3.05) is 25.0 Å². The number of hydrogen-bond acceptors (Lipinski definition) is 3. The van der Waals surface area contributed by atoms with Gasteiger partial charge >= 0.3 is 0 Å². The van der Waals surface area contributed by atoms with Gasteiger partial charge in [-0.25, -0.2) is 0 Å². The molecule has 1 saturated heterocycles. The molecular formula is C13H16Cl2N2O2. The number of carbonyl (C=O) groups excluding carboxylic acids is 1. The Labute approximate surface area is 122 Å². The Morgan fingerprint density at radius 3 is 3.00 bits per heavy atom. The summed E-state index contributed by atoms with van der Waals surface area (Å²) in [5, 5.41) is 13.0. The molecule has 4 nitrogen and oxygen atoms in total. The fourth-order valence-corrected chi connectivity index (χ4v) is 2.52. The lowest BCUT2D eigenvalue weighted by Gasteiger charge is -2.29. The number of aliphatic hydroxyl groups is 1. The Kier molecular flexibility index (Phi) is 5.05. The molecule has 0 aromatic heterocycles. The highest BCUT2D eigenvalue weighted by atomic mass is 35.5. The van der Waals surface area contributed by atoms with Crippen molar-refractivity contribution in [1.82, 2.24) is 4.90 Å². The molecule has 0 saturated carbocycles. The van der Waals surface area contributed by atoms with Gasteiger partial charge < -0.3 is 10.4 Å². The summed E-state index contributed by atoms with van der Waals surface area (Å²) in [6.45, 7) is 1.62. The van der Waals surface area contributed by atoms with Gasteiger partial charge in [0.15, 0.2) is 0 Å². The summed E-state index contributed by atoms with van der Waals surface area (Å²) in [4.78, 5) is 13.8. The number of halogens is 2. The van der Waals surface area contributed by atoms with E-state index in [9.17, 15) is 9.90 Å². The summed E-state index contributed by atoms with van der Waals surface area (Å²) in [6.07, 6.45) is 1.38. The van der Waals surface area contributed by atoms with Crippen LogP contribution in [-0.2, 0) is 4.79 Å². The molecule has 0 unspecified atom stereocenters. The van der Waals surface area contributed by atoms with E-state index < -0.39 is 0 Å². The second-order valence-electron chi connectivity index (χ2n) is 4.68. The highest BCUT2D eigenvalue weighted by Crippen LogP contribution is 2.29. The lowest BCUT2D eigenvalue weighted by Crippen LogP contribution is -2.42. The molecule has 0 bridgehead atoms. The van der Waals surface area contributed by atoms with Crippen molar-refractivity contribution in [3.63, 3.8) is 0 Å². The first-order valence-electron chi connectivity index (χ1n) is 6.20. The summed E-state index contributed by atoms with van der Waals surface area (Å²) >= 11 is 11.9. The number of likely N-dealkylation sites (tertiary alicyclic amines) is 1. The van der Waals surface area contributed by atoms with E-state index in [0.29, 0.717) is 22.3 Å². The molecule has 1 amide bonds. The first-order valence-corrected chi connectivity index (χ1v) is 6.96. The van der Waals surface area contributed by atoms with E-state index in [-0.39, 0.29) is 18.6 Å². The van der Waals surface area contributed by atoms with Crippen LogP contribution in [0.5, 0.6) is 0 Å². The summed E-state index contributed by atoms with van der Waals surface area (Å²) in [5.74, 6) is -0.154. The maximum Gasteiger partial charge on any atom is 0.238 e. The molecule has 104 valence electrons. The van der Waals surface area contributed by atoms with E-state index in [1.54, 1.807) is 18.2 Å². The standard InChI is InChI=1S/C13H16Cl2N2O2/c14-10-4-1-5-11(13(10)15)16-12(19)8-17-6-2-3-9(18)7-17/h1,4-5,9,18H,2-3,6-8H2,(H,16,19)/t9-/m0/s1. The lowest BCUT2D eigenvalue weighted by atomic mass is 10.1. The zero-order chi connectivity index (χ0) is 13.8. The Morgan fingerprint density at radius 1 is 1.47 bits per heavy atom. The Morgan fingerprint density at radius 2 is 2.26 bits per heavy atom. The van der Waals surface area contributed by atoms with Crippen LogP contribution < -0.4 is 5.32 Å². The third-order valence-electron chi connectivity index (χ3n) is 3.07. The quantitative estimate of drug-likeness (QED) is 0.901. The van der Waals surface area contributed by atoms with Crippen LogP contribution in [-0.4, -0.2) is 41.7 Å². The van der Waals surface area contributed by atoms with Crippen LogP contribution in [0.4, 0.5) is 5.69 Å². The molecule has 2 rings (SSSR count). The molecule has 2 N–H and O–H groups in total. The van der Waals surface area contributed by atoms with Crippen LogP contribution in [0.3, 0.4) is 0 Å². The van der Waals surface area contributed by atoms with Gasteiger partial charge in [-0.2, -0.15) is 0 Å². The van der Waals surface area contributed by atoms with Gasteiger partial charge in [-0.15, -0.1) is 0 Å². The summed E-state index contributed by atoms with van der Waals surface area (Å²) in [6, 6.07) is 5.10.